The van der Waals surface area contributed by atoms with Gasteiger partial charge in [-0.1, -0.05) is 25.4 Å². The highest BCUT2D eigenvalue weighted by Crippen LogP contribution is 2.50. The lowest BCUT2D eigenvalue weighted by atomic mass is 9.90. The molecule has 1 heterocycles. The summed E-state index contributed by atoms with van der Waals surface area (Å²) in [5.74, 6) is 1.62. The van der Waals surface area contributed by atoms with Crippen molar-refractivity contribution >= 4 is 18.1 Å². The fourth-order valence-electron chi connectivity index (χ4n) is 2.15. The Morgan fingerprint density at radius 3 is 2.82 bits per heavy atom. The van der Waals surface area contributed by atoms with Crippen molar-refractivity contribution in [1.82, 2.24) is 0 Å². The lowest BCUT2D eigenvalue weighted by molar-refractivity contribution is -0.126. The molecule has 5 heteroatoms. The molecule has 0 saturated carbocycles. The second kappa shape index (κ2) is 4.11. The van der Waals surface area contributed by atoms with Crippen molar-refractivity contribution in [3.8, 4) is 0 Å². The molecule has 0 atom stereocenters. The monoisotopic (exact) mass is 256 g/mol. The first-order valence-electron chi connectivity index (χ1n) is 5.16. The second-order valence-electron chi connectivity index (χ2n) is 4.53. The molecule has 0 radical (unpaired) electrons. The van der Waals surface area contributed by atoms with Crippen LogP contribution in [-0.4, -0.2) is 13.6 Å². The number of fused-ring (bicyclic) bond motifs is 1. The molecule has 0 saturated heterocycles. The summed E-state index contributed by atoms with van der Waals surface area (Å²) in [7, 11) is 1.55. The van der Waals surface area contributed by atoms with E-state index in [1.54, 1.807) is 7.11 Å². The van der Waals surface area contributed by atoms with Crippen LogP contribution in [0.25, 0.3) is 0 Å². The van der Waals surface area contributed by atoms with E-state index in [4.69, 9.17) is 25.8 Å². The first-order chi connectivity index (χ1) is 8.01. The summed E-state index contributed by atoms with van der Waals surface area (Å²) in [5, 5.41) is 0.411. The minimum Gasteiger partial charge on any atom is -0.495 e. The highest BCUT2D eigenvalue weighted by molar-refractivity contribution is 6.31. The standard InChI is InChI=1S/C12H13ClO4/c1-12(2)4-7-9(15-3)8(13)5-16-10(7)11(12)17-6-14/h5-6H,4H2,1-3H3. The lowest BCUT2D eigenvalue weighted by Gasteiger charge is -2.18. The van der Waals surface area contributed by atoms with E-state index in [0.717, 1.165) is 5.57 Å². The fraction of sp³-hybridized carbons (Fsp3) is 0.417. The number of allylic oxidation sites excluding steroid dienone is 3. The summed E-state index contributed by atoms with van der Waals surface area (Å²) in [6.07, 6.45) is 2.04. The zero-order valence-corrected chi connectivity index (χ0v) is 10.6. The van der Waals surface area contributed by atoms with Crippen LogP contribution in [0.15, 0.2) is 34.1 Å². The number of hydrogen-bond acceptors (Lipinski definition) is 4. The number of methoxy groups -OCH3 is 1. The summed E-state index contributed by atoms with van der Waals surface area (Å²) in [6.45, 7) is 4.34. The van der Waals surface area contributed by atoms with Crippen molar-refractivity contribution < 1.29 is 19.0 Å². The molecular formula is C12H13ClO4. The van der Waals surface area contributed by atoms with Gasteiger partial charge < -0.3 is 14.2 Å². The zero-order valence-electron chi connectivity index (χ0n) is 9.87. The van der Waals surface area contributed by atoms with Crippen molar-refractivity contribution in [1.29, 1.82) is 0 Å². The van der Waals surface area contributed by atoms with Gasteiger partial charge in [0.15, 0.2) is 11.5 Å². The molecule has 0 N–H and O–H groups in total. The van der Waals surface area contributed by atoms with Crippen molar-refractivity contribution in [2.45, 2.75) is 20.3 Å². The van der Waals surface area contributed by atoms with Crippen LogP contribution in [-0.2, 0) is 19.0 Å². The van der Waals surface area contributed by atoms with Gasteiger partial charge in [-0.3, -0.25) is 4.79 Å². The zero-order chi connectivity index (χ0) is 12.6. The Labute approximate surface area is 104 Å². The third-order valence-corrected chi connectivity index (χ3v) is 3.12. The highest BCUT2D eigenvalue weighted by Gasteiger charge is 2.43. The first kappa shape index (κ1) is 12.0. The van der Waals surface area contributed by atoms with E-state index < -0.39 is 0 Å². The Hall–Kier alpha value is -1.42. The molecule has 0 aromatic carbocycles. The van der Waals surface area contributed by atoms with Crippen LogP contribution in [0.3, 0.4) is 0 Å². The molecule has 4 nitrogen and oxygen atoms in total. The molecule has 1 aliphatic carbocycles. The summed E-state index contributed by atoms with van der Waals surface area (Å²) >= 11 is 5.99. The summed E-state index contributed by atoms with van der Waals surface area (Å²) < 4.78 is 15.7. The smallest absolute Gasteiger partial charge is 0.298 e. The van der Waals surface area contributed by atoms with Crippen LogP contribution in [0.2, 0.25) is 0 Å². The van der Waals surface area contributed by atoms with Crippen molar-refractivity contribution in [2.75, 3.05) is 7.11 Å². The quantitative estimate of drug-likeness (QED) is 0.729. The highest BCUT2D eigenvalue weighted by atomic mass is 35.5. The van der Waals surface area contributed by atoms with Crippen molar-refractivity contribution in [3.63, 3.8) is 0 Å². The Morgan fingerprint density at radius 2 is 2.24 bits per heavy atom. The van der Waals surface area contributed by atoms with E-state index in [-0.39, 0.29) is 5.41 Å². The van der Waals surface area contributed by atoms with Crippen LogP contribution in [0.5, 0.6) is 0 Å². The SMILES string of the molecule is COC1=C2CC(C)(C)C(OC=O)=C2OC=C1Cl. The summed E-state index contributed by atoms with van der Waals surface area (Å²) in [4.78, 5) is 10.5. The maximum atomic E-state index is 10.5. The third kappa shape index (κ3) is 1.82. The Morgan fingerprint density at radius 1 is 1.53 bits per heavy atom. The predicted molar refractivity (Wildman–Crippen MR) is 61.6 cm³/mol. The van der Waals surface area contributed by atoms with Gasteiger partial charge in [0, 0.05) is 11.0 Å². The average molecular weight is 257 g/mol. The van der Waals surface area contributed by atoms with Gasteiger partial charge in [-0.25, -0.2) is 0 Å². The van der Waals surface area contributed by atoms with Gasteiger partial charge in [-0.15, -0.1) is 0 Å². The Balaban J connectivity index is 2.55. The van der Waals surface area contributed by atoms with Crippen LogP contribution in [0.4, 0.5) is 0 Å². The first-order valence-corrected chi connectivity index (χ1v) is 5.54. The molecule has 0 aromatic rings. The van der Waals surface area contributed by atoms with Gasteiger partial charge in [-0.2, -0.15) is 0 Å². The van der Waals surface area contributed by atoms with Gasteiger partial charge >= 0.3 is 0 Å². The van der Waals surface area contributed by atoms with E-state index in [1.807, 2.05) is 13.8 Å². The van der Waals surface area contributed by atoms with Crippen molar-refractivity contribution in [3.05, 3.63) is 34.1 Å². The van der Waals surface area contributed by atoms with Crippen LogP contribution < -0.4 is 0 Å². The summed E-state index contributed by atoms with van der Waals surface area (Å²) in [5.41, 5.74) is 0.520. The minimum absolute atomic E-state index is 0.315. The number of hydrogen-bond donors (Lipinski definition) is 0. The molecule has 17 heavy (non-hydrogen) atoms. The average Bonchev–Trinajstić information content (AvgIpc) is 2.51. The third-order valence-electron chi connectivity index (χ3n) is 2.86. The number of halogens is 1. The molecule has 0 spiro atoms. The molecule has 0 aromatic heterocycles. The van der Waals surface area contributed by atoms with E-state index in [2.05, 4.69) is 0 Å². The largest absolute Gasteiger partial charge is 0.495 e. The van der Waals surface area contributed by atoms with Crippen LogP contribution in [0.1, 0.15) is 20.3 Å². The maximum Gasteiger partial charge on any atom is 0.298 e. The lowest BCUT2D eigenvalue weighted by Crippen LogP contribution is -2.12. The fourth-order valence-corrected chi connectivity index (χ4v) is 2.38. The molecule has 0 amide bonds. The van der Waals surface area contributed by atoms with Gasteiger partial charge in [-0.05, 0) is 6.42 Å². The molecule has 2 aliphatic rings. The normalized spacial score (nSPS) is 21.8. The molecule has 0 bridgehead atoms. The maximum absolute atomic E-state index is 10.5. The predicted octanol–water partition coefficient (Wildman–Crippen LogP) is 2.81. The topological polar surface area (TPSA) is 44.8 Å². The Bertz CT molecular complexity index is 457. The number of rotatable bonds is 3. The molecule has 2 rings (SSSR count). The molecular weight excluding hydrogens is 244 g/mol. The van der Waals surface area contributed by atoms with E-state index >= 15 is 0 Å². The number of carbonyl (C=O) groups excluding carboxylic acids is 1. The molecule has 92 valence electrons. The van der Waals surface area contributed by atoms with Gasteiger partial charge in [0.1, 0.15) is 17.1 Å². The molecule has 0 fully saturated rings. The van der Waals surface area contributed by atoms with E-state index in [1.165, 1.54) is 6.26 Å². The second-order valence-corrected chi connectivity index (χ2v) is 4.94. The van der Waals surface area contributed by atoms with Crippen molar-refractivity contribution in [2.24, 2.45) is 5.41 Å². The van der Waals surface area contributed by atoms with E-state index in [0.29, 0.717) is 35.2 Å². The Kier molecular flexibility index (Phi) is 2.91. The van der Waals surface area contributed by atoms with Gasteiger partial charge in [0.05, 0.1) is 7.11 Å². The van der Waals surface area contributed by atoms with Gasteiger partial charge in [0.2, 0.25) is 0 Å². The number of carbonyl (C=O) groups is 1. The van der Waals surface area contributed by atoms with E-state index in [9.17, 15) is 4.79 Å². The summed E-state index contributed by atoms with van der Waals surface area (Å²) in [6, 6.07) is 0. The minimum atomic E-state index is -0.315. The number of ether oxygens (including phenoxy) is 3. The molecule has 0 unspecified atom stereocenters. The van der Waals surface area contributed by atoms with Crippen LogP contribution in [0, 0.1) is 5.41 Å². The van der Waals surface area contributed by atoms with Crippen LogP contribution >= 0.6 is 11.6 Å². The van der Waals surface area contributed by atoms with Gasteiger partial charge in [0.25, 0.3) is 6.47 Å². The molecule has 1 aliphatic heterocycles.